The Balaban J connectivity index is 2.27. The summed E-state index contributed by atoms with van der Waals surface area (Å²) >= 11 is 0. The van der Waals surface area contributed by atoms with Crippen molar-refractivity contribution in [2.75, 3.05) is 6.61 Å². The fraction of sp³-hybridized carbons (Fsp3) is 0.636. The molecule has 0 bridgehead atoms. The predicted molar refractivity (Wildman–Crippen MR) is 58.9 cm³/mol. The van der Waals surface area contributed by atoms with Crippen LogP contribution >= 0.6 is 0 Å². The number of nitrogens with two attached hydrogens (primary N) is 1. The first-order valence-corrected chi connectivity index (χ1v) is 5.64. The van der Waals surface area contributed by atoms with Crippen LogP contribution in [0.2, 0.25) is 0 Å². The first kappa shape index (κ1) is 11.3. The number of aliphatic hydroxyl groups is 1. The van der Waals surface area contributed by atoms with Crippen LogP contribution < -0.4 is 5.73 Å². The third-order valence-corrected chi connectivity index (χ3v) is 3.08. The Labute approximate surface area is 94.3 Å². The molecule has 5 nitrogen and oxygen atoms in total. The molecule has 1 aliphatic carbocycles. The van der Waals surface area contributed by atoms with E-state index in [1.807, 2.05) is 0 Å². The lowest BCUT2D eigenvalue weighted by molar-refractivity contribution is 0.262. The summed E-state index contributed by atoms with van der Waals surface area (Å²) in [6, 6.07) is -0.636. The van der Waals surface area contributed by atoms with Crippen molar-refractivity contribution in [3.05, 3.63) is 17.7 Å². The van der Waals surface area contributed by atoms with Crippen molar-refractivity contribution in [2.45, 2.75) is 37.6 Å². The van der Waals surface area contributed by atoms with Crippen LogP contribution in [0.1, 0.15) is 49.2 Å². The van der Waals surface area contributed by atoms with Gasteiger partial charge in [-0.25, -0.2) is 9.97 Å². The van der Waals surface area contributed by atoms with E-state index in [4.69, 9.17) is 10.8 Å². The monoisotopic (exact) mass is 223 g/mol. The van der Waals surface area contributed by atoms with Crippen molar-refractivity contribution in [3.8, 4) is 5.75 Å². The highest BCUT2D eigenvalue weighted by atomic mass is 16.3. The molecule has 1 atom stereocenters. The van der Waals surface area contributed by atoms with E-state index in [9.17, 15) is 5.11 Å². The van der Waals surface area contributed by atoms with Crippen molar-refractivity contribution in [1.29, 1.82) is 0 Å². The number of aromatic hydroxyl groups is 1. The van der Waals surface area contributed by atoms with Crippen molar-refractivity contribution in [2.24, 2.45) is 5.73 Å². The Hall–Kier alpha value is -1.20. The summed E-state index contributed by atoms with van der Waals surface area (Å²) in [6.45, 7) is -0.228. The highest BCUT2D eigenvalue weighted by Gasteiger charge is 2.22. The normalized spacial score (nSPS) is 18.9. The maximum absolute atomic E-state index is 9.56. The Kier molecular flexibility index (Phi) is 3.36. The topological polar surface area (TPSA) is 92.3 Å². The number of aromatic nitrogens is 2. The second-order valence-corrected chi connectivity index (χ2v) is 4.27. The molecule has 16 heavy (non-hydrogen) atoms. The molecular weight excluding hydrogens is 206 g/mol. The van der Waals surface area contributed by atoms with Crippen molar-refractivity contribution in [1.82, 2.24) is 9.97 Å². The van der Waals surface area contributed by atoms with Gasteiger partial charge in [-0.2, -0.15) is 0 Å². The molecule has 1 aliphatic rings. The predicted octanol–water partition coefficient (Wildman–Crippen LogP) is 0.832. The van der Waals surface area contributed by atoms with Gasteiger partial charge in [-0.05, 0) is 12.8 Å². The molecular formula is C11H17N3O2. The summed E-state index contributed by atoms with van der Waals surface area (Å²) in [5, 5.41) is 18.5. The Morgan fingerprint density at radius 1 is 1.44 bits per heavy atom. The van der Waals surface area contributed by atoms with Gasteiger partial charge in [0.15, 0.2) is 5.75 Å². The van der Waals surface area contributed by atoms with Gasteiger partial charge in [0.1, 0.15) is 11.5 Å². The summed E-state index contributed by atoms with van der Waals surface area (Å²) < 4.78 is 0. The lowest BCUT2D eigenvalue weighted by atomic mass is 10.1. The summed E-state index contributed by atoms with van der Waals surface area (Å²) in [7, 11) is 0. The third kappa shape index (κ3) is 2.15. The van der Waals surface area contributed by atoms with Crippen LogP contribution in [0.3, 0.4) is 0 Å². The highest BCUT2D eigenvalue weighted by molar-refractivity contribution is 5.26. The average molecular weight is 223 g/mol. The molecule has 5 heteroatoms. The summed E-state index contributed by atoms with van der Waals surface area (Å²) in [5.41, 5.74) is 6.01. The zero-order valence-electron chi connectivity index (χ0n) is 9.13. The van der Waals surface area contributed by atoms with Crippen LogP contribution in [0.4, 0.5) is 0 Å². The van der Waals surface area contributed by atoms with E-state index in [0.29, 0.717) is 11.6 Å². The fourth-order valence-corrected chi connectivity index (χ4v) is 2.14. The molecule has 4 N–H and O–H groups in total. The summed E-state index contributed by atoms with van der Waals surface area (Å²) in [4.78, 5) is 8.42. The zero-order chi connectivity index (χ0) is 11.5. The minimum Gasteiger partial charge on any atom is -0.504 e. The van der Waals surface area contributed by atoms with Gasteiger partial charge < -0.3 is 15.9 Å². The van der Waals surface area contributed by atoms with Gasteiger partial charge in [0.05, 0.1) is 18.8 Å². The molecule has 1 aromatic rings. The van der Waals surface area contributed by atoms with Crippen LogP contribution in [0.25, 0.3) is 0 Å². The first-order chi connectivity index (χ1) is 7.72. The number of rotatable bonds is 3. The standard InChI is InChI=1S/C11H17N3O2/c12-8(6-15)10-9(16)5-13-11(14-10)7-3-1-2-4-7/h5,7-8,15-16H,1-4,6,12H2. The van der Waals surface area contributed by atoms with Crippen LogP contribution in [0, 0.1) is 0 Å². The van der Waals surface area contributed by atoms with Gasteiger partial charge in [0.25, 0.3) is 0 Å². The van der Waals surface area contributed by atoms with Gasteiger partial charge in [-0.15, -0.1) is 0 Å². The zero-order valence-corrected chi connectivity index (χ0v) is 9.13. The lowest BCUT2D eigenvalue weighted by Crippen LogP contribution is -2.18. The SMILES string of the molecule is NC(CO)c1nc(C2CCCC2)ncc1O. The second kappa shape index (κ2) is 4.76. The second-order valence-electron chi connectivity index (χ2n) is 4.27. The van der Waals surface area contributed by atoms with Crippen LogP contribution in [-0.4, -0.2) is 26.8 Å². The molecule has 0 aliphatic heterocycles. The molecule has 1 aromatic heterocycles. The Bertz CT molecular complexity index is 364. The minimum absolute atomic E-state index is 0.0386. The van der Waals surface area contributed by atoms with Crippen LogP contribution in [0.15, 0.2) is 6.20 Å². The Morgan fingerprint density at radius 2 is 2.12 bits per heavy atom. The largest absolute Gasteiger partial charge is 0.504 e. The van der Waals surface area contributed by atoms with E-state index in [0.717, 1.165) is 18.7 Å². The Morgan fingerprint density at radius 3 is 2.75 bits per heavy atom. The quantitative estimate of drug-likeness (QED) is 0.706. The van der Waals surface area contributed by atoms with E-state index in [1.165, 1.54) is 19.0 Å². The first-order valence-electron chi connectivity index (χ1n) is 5.64. The molecule has 0 radical (unpaired) electrons. The molecule has 1 unspecified atom stereocenters. The van der Waals surface area contributed by atoms with E-state index in [1.54, 1.807) is 0 Å². The molecule has 0 spiro atoms. The molecule has 2 rings (SSSR count). The molecule has 0 amide bonds. The molecule has 1 heterocycles. The fourth-order valence-electron chi connectivity index (χ4n) is 2.14. The molecule has 1 saturated carbocycles. The van der Waals surface area contributed by atoms with E-state index < -0.39 is 6.04 Å². The van der Waals surface area contributed by atoms with Crippen LogP contribution in [0.5, 0.6) is 5.75 Å². The molecule has 1 fully saturated rings. The summed E-state index contributed by atoms with van der Waals surface area (Å²) in [6.07, 6.45) is 5.98. The molecule has 88 valence electrons. The van der Waals surface area contributed by atoms with Gasteiger partial charge >= 0.3 is 0 Å². The smallest absolute Gasteiger partial charge is 0.157 e. The lowest BCUT2D eigenvalue weighted by Gasteiger charge is -2.13. The third-order valence-electron chi connectivity index (χ3n) is 3.08. The highest BCUT2D eigenvalue weighted by Crippen LogP contribution is 2.33. The minimum atomic E-state index is -0.636. The average Bonchev–Trinajstić information content (AvgIpc) is 2.82. The summed E-state index contributed by atoms with van der Waals surface area (Å²) in [5.74, 6) is 1.09. The van der Waals surface area contributed by atoms with Crippen molar-refractivity contribution >= 4 is 0 Å². The maximum atomic E-state index is 9.56. The van der Waals surface area contributed by atoms with Gasteiger partial charge in [0, 0.05) is 5.92 Å². The number of hydrogen-bond donors (Lipinski definition) is 3. The number of hydrogen-bond acceptors (Lipinski definition) is 5. The molecule has 0 aromatic carbocycles. The van der Waals surface area contributed by atoms with E-state index in [2.05, 4.69) is 9.97 Å². The number of nitrogens with zero attached hydrogens (tertiary/aromatic N) is 2. The van der Waals surface area contributed by atoms with E-state index >= 15 is 0 Å². The van der Waals surface area contributed by atoms with Gasteiger partial charge in [0.2, 0.25) is 0 Å². The van der Waals surface area contributed by atoms with Gasteiger partial charge in [-0.1, -0.05) is 12.8 Å². The van der Waals surface area contributed by atoms with Crippen LogP contribution in [-0.2, 0) is 0 Å². The maximum Gasteiger partial charge on any atom is 0.157 e. The van der Waals surface area contributed by atoms with Crippen molar-refractivity contribution in [3.63, 3.8) is 0 Å². The van der Waals surface area contributed by atoms with Gasteiger partial charge in [-0.3, -0.25) is 0 Å². The molecule has 0 saturated heterocycles. The number of aliphatic hydroxyl groups excluding tert-OH is 1. The van der Waals surface area contributed by atoms with E-state index in [-0.39, 0.29) is 12.4 Å². The van der Waals surface area contributed by atoms with Crippen molar-refractivity contribution < 1.29 is 10.2 Å².